The summed E-state index contributed by atoms with van der Waals surface area (Å²) in [5.41, 5.74) is 4.73. The van der Waals surface area contributed by atoms with E-state index in [1.807, 2.05) is 23.1 Å². The molecule has 1 saturated heterocycles. The molecule has 1 N–H and O–H groups in total. The number of benzene rings is 1. The van der Waals surface area contributed by atoms with Gasteiger partial charge in [0.25, 0.3) is 0 Å². The summed E-state index contributed by atoms with van der Waals surface area (Å²) in [6.45, 7) is 5.92. The number of likely N-dealkylation sites (tertiary alicyclic amines) is 1. The van der Waals surface area contributed by atoms with Gasteiger partial charge in [-0.2, -0.15) is 0 Å². The van der Waals surface area contributed by atoms with Crippen LogP contribution in [0.2, 0.25) is 0 Å². The van der Waals surface area contributed by atoms with Crippen LogP contribution < -0.4 is 5.32 Å². The first-order chi connectivity index (χ1) is 13.5. The molecule has 1 aliphatic rings. The predicted octanol–water partition coefficient (Wildman–Crippen LogP) is 2.84. The van der Waals surface area contributed by atoms with Gasteiger partial charge in [-0.15, -0.1) is 0 Å². The summed E-state index contributed by atoms with van der Waals surface area (Å²) >= 11 is 0. The molecule has 2 amide bonds. The highest BCUT2D eigenvalue weighted by Crippen LogP contribution is 2.18. The molecule has 0 aliphatic carbocycles. The third-order valence-electron chi connectivity index (χ3n) is 5.43. The number of hydrogen-bond acceptors (Lipinski definition) is 3. The van der Waals surface area contributed by atoms with Crippen molar-refractivity contribution in [2.75, 3.05) is 19.6 Å². The Labute approximate surface area is 167 Å². The molecule has 1 aromatic carbocycles. The van der Waals surface area contributed by atoms with Crippen molar-refractivity contribution >= 4 is 11.8 Å². The van der Waals surface area contributed by atoms with Crippen LogP contribution in [0, 0.1) is 19.8 Å². The molecule has 2 aromatic rings. The van der Waals surface area contributed by atoms with E-state index in [0.29, 0.717) is 38.9 Å². The van der Waals surface area contributed by atoms with Gasteiger partial charge in [0, 0.05) is 44.4 Å². The molecule has 148 valence electrons. The molecule has 1 atom stereocenters. The molecule has 3 rings (SSSR count). The summed E-state index contributed by atoms with van der Waals surface area (Å²) < 4.78 is 0. The Morgan fingerprint density at radius 3 is 2.86 bits per heavy atom. The van der Waals surface area contributed by atoms with Gasteiger partial charge in [0.2, 0.25) is 11.8 Å². The number of carbonyl (C=O) groups is 2. The fraction of sp³-hybridized carbons (Fsp3) is 0.435. The first-order valence-electron chi connectivity index (χ1n) is 10.0. The van der Waals surface area contributed by atoms with Crippen LogP contribution in [0.1, 0.15) is 35.2 Å². The van der Waals surface area contributed by atoms with E-state index in [2.05, 4.69) is 42.3 Å². The lowest BCUT2D eigenvalue weighted by Crippen LogP contribution is -2.46. The molecule has 0 saturated carbocycles. The van der Waals surface area contributed by atoms with Gasteiger partial charge in [0.1, 0.15) is 0 Å². The Kier molecular flexibility index (Phi) is 6.80. The van der Waals surface area contributed by atoms with E-state index >= 15 is 0 Å². The number of carbonyl (C=O) groups excluding carboxylic acids is 2. The first-order valence-corrected chi connectivity index (χ1v) is 10.0. The number of pyridine rings is 1. The second-order valence-electron chi connectivity index (χ2n) is 7.62. The largest absolute Gasteiger partial charge is 0.355 e. The third kappa shape index (κ3) is 5.41. The maximum atomic E-state index is 12.6. The molecule has 0 unspecified atom stereocenters. The van der Waals surface area contributed by atoms with Crippen LogP contribution in [0.4, 0.5) is 0 Å². The van der Waals surface area contributed by atoms with E-state index in [9.17, 15) is 9.59 Å². The van der Waals surface area contributed by atoms with E-state index in [-0.39, 0.29) is 17.7 Å². The monoisotopic (exact) mass is 379 g/mol. The average molecular weight is 380 g/mol. The van der Waals surface area contributed by atoms with Gasteiger partial charge >= 0.3 is 0 Å². The fourth-order valence-electron chi connectivity index (χ4n) is 3.67. The molecule has 28 heavy (non-hydrogen) atoms. The smallest absolute Gasteiger partial charge is 0.224 e. The van der Waals surface area contributed by atoms with Crippen molar-refractivity contribution < 1.29 is 9.59 Å². The molecule has 1 aliphatic heterocycles. The minimum absolute atomic E-state index is 0.0562. The number of rotatable bonds is 7. The van der Waals surface area contributed by atoms with E-state index in [1.54, 1.807) is 6.20 Å². The molecular formula is C23H29N3O2. The molecular weight excluding hydrogens is 350 g/mol. The number of hydrogen-bond donors (Lipinski definition) is 1. The number of nitrogens with zero attached hydrogens (tertiary/aromatic N) is 2. The van der Waals surface area contributed by atoms with Crippen LogP contribution >= 0.6 is 0 Å². The fourth-order valence-corrected chi connectivity index (χ4v) is 3.67. The Balaban J connectivity index is 1.48. The average Bonchev–Trinajstić information content (AvgIpc) is 2.70. The summed E-state index contributed by atoms with van der Waals surface area (Å²) in [6, 6.07) is 12.2. The number of amides is 2. The second-order valence-corrected chi connectivity index (χ2v) is 7.62. The molecule has 5 heteroatoms. The molecule has 5 nitrogen and oxygen atoms in total. The van der Waals surface area contributed by atoms with Gasteiger partial charge in [-0.3, -0.25) is 14.6 Å². The zero-order valence-corrected chi connectivity index (χ0v) is 16.8. The standard InChI is InChI=1S/C23H29N3O2/c1-17-6-7-18(2)19(15-17)10-13-25-23(28)20-8-9-22(27)26(16-20)14-11-21-5-3-4-12-24-21/h3-7,12,15,20H,8-11,13-14,16H2,1-2H3,(H,25,28)/t20-/m1/s1. The highest BCUT2D eigenvalue weighted by Gasteiger charge is 2.29. The van der Waals surface area contributed by atoms with Crippen LogP contribution in [0.15, 0.2) is 42.6 Å². The lowest BCUT2D eigenvalue weighted by molar-refractivity contribution is -0.138. The second kappa shape index (κ2) is 9.49. The topological polar surface area (TPSA) is 62.3 Å². The quantitative estimate of drug-likeness (QED) is 0.805. The molecule has 0 bridgehead atoms. The van der Waals surface area contributed by atoms with Gasteiger partial charge in [0.05, 0.1) is 5.92 Å². The summed E-state index contributed by atoms with van der Waals surface area (Å²) in [5.74, 6) is 0.0658. The number of aryl methyl sites for hydroxylation is 2. The molecule has 0 radical (unpaired) electrons. The van der Waals surface area contributed by atoms with Crippen molar-refractivity contribution in [2.45, 2.75) is 39.5 Å². The molecule has 1 fully saturated rings. The molecule has 2 heterocycles. The SMILES string of the molecule is Cc1ccc(C)c(CCNC(=O)[C@@H]2CCC(=O)N(CCc3ccccn3)C2)c1. The Morgan fingerprint density at radius 1 is 1.21 bits per heavy atom. The van der Waals surface area contributed by atoms with Crippen molar-refractivity contribution in [3.05, 3.63) is 65.0 Å². The maximum absolute atomic E-state index is 12.6. The van der Waals surface area contributed by atoms with Crippen LogP contribution in [0.5, 0.6) is 0 Å². The van der Waals surface area contributed by atoms with E-state index in [1.165, 1.54) is 16.7 Å². The summed E-state index contributed by atoms with van der Waals surface area (Å²) in [6.07, 6.45) is 4.38. The van der Waals surface area contributed by atoms with Gasteiger partial charge in [0.15, 0.2) is 0 Å². The summed E-state index contributed by atoms with van der Waals surface area (Å²) in [5, 5.41) is 3.07. The zero-order chi connectivity index (χ0) is 19.9. The van der Waals surface area contributed by atoms with Crippen LogP contribution in [0.3, 0.4) is 0 Å². The minimum atomic E-state index is -0.125. The van der Waals surface area contributed by atoms with E-state index in [0.717, 1.165) is 12.1 Å². The predicted molar refractivity (Wildman–Crippen MR) is 110 cm³/mol. The van der Waals surface area contributed by atoms with Crippen LogP contribution in [-0.2, 0) is 22.4 Å². The number of piperidine rings is 1. The van der Waals surface area contributed by atoms with Gasteiger partial charge < -0.3 is 10.2 Å². The highest BCUT2D eigenvalue weighted by atomic mass is 16.2. The third-order valence-corrected chi connectivity index (χ3v) is 5.43. The lowest BCUT2D eigenvalue weighted by Gasteiger charge is -2.32. The Bertz CT molecular complexity index is 820. The summed E-state index contributed by atoms with van der Waals surface area (Å²) in [7, 11) is 0. The number of nitrogens with one attached hydrogen (secondary N) is 1. The first kappa shape index (κ1) is 20.1. The zero-order valence-electron chi connectivity index (χ0n) is 16.8. The Morgan fingerprint density at radius 2 is 2.07 bits per heavy atom. The summed E-state index contributed by atoms with van der Waals surface area (Å²) in [4.78, 5) is 31.0. The normalized spacial score (nSPS) is 16.9. The van der Waals surface area contributed by atoms with E-state index < -0.39 is 0 Å². The number of aromatic nitrogens is 1. The highest BCUT2D eigenvalue weighted by molar-refractivity contribution is 5.83. The maximum Gasteiger partial charge on any atom is 0.224 e. The van der Waals surface area contributed by atoms with Crippen molar-refractivity contribution in [3.8, 4) is 0 Å². The van der Waals surface area contributed by atoms with Gasteiger partial charge in [-0.1, -0.05) is 29.8 Å². The lowest BCUT2D eigenvalue weighted by atomic mass is 9.96. The molecule has 1 aromatic heterocycles. The van der Waals surface area contributed by atoms with Crippen LogP contribution in [-0.4, -0.2) is 41.3 Å². The van der Waals surface area contributed by atoms with E-state index in [4.69, 9.17) is 0 Å². The van der Waals surface area contributed by atoms with Crippen LogP contribution in [0.25, 0.3) is 0 Å². The van der Waals surface area contributed by atoms with Crippen molar-refractivity contribution in [2.24, 2.45) is 5.92 Å². The van der Waals surface area contributed by atoms with Gasteiger partial charge in [-0.05, 0) is 49.9 Å². The molecule has 0 spiro atoms. The van der Waals surface area contributed by atoms with Gasteiger partial charge in [-0.25, -0.2) is 0 Å². The van der Waals surface area contributed by atoms with Crippen molar-refractivity contribution in [3.63, 3.8) is 0 Å². The minimum Gasteiger partial charge on any atom is -0.355 e. The Hall–Kier alpha value is -2.69. The van der Waals surface area contributed by atoms with Crippen molar-refractivity contribution in [1.82, 2.24) is 15.2 Å². The van der Waals surface area contributed by atoms with Crippen molar-refractivity contribution in [1.29, 1.82) is 0 Å².